The summed E-state index contributed by atoms with van der Waals surface area (Å²) in [5.41, 5.74) is 4.22. The van der Waals surface area contributed by atoms with Gasteiger partial charge in [-0.25, -0.2) is 9.36 Å². The van der Waals surface area contributed by atoms with Crippen LogP contribution >= 0.6 is 0 Å². The Kier molecular flexibility index (Phi) is 6.81. The van der Waals surface area contributed by atoms with Gasteiger partial charge in [0.25, 0.3) is 0 Å². The van der Waals surface area contributed by atoms with Crippen LogP contribution in [-0.4, -0.2) is 46.2 Å². The molecular weight excluding hydrogens is 402 g/mol. The molecular formula is C24H27N7O. The van der Waals surface area contributed by atoms with Crippen LogP contribution in [-0.2, 0) is 13.0 Å². The number of ether oxygens (including phenoxy) is 1. The summed E-state index contributed by atoms with van der Waals surface area (Å²) in [6, 6.07) is 20.1. The fraction of sp³-hybridized carbons (Fsp3) is 0.208. The van der Waals surface area contributed by atoms with Gasteiger partial charge in [-0.3, -0.25) is 4.99 Å². The average molecular weight is 430 g/mol. The van der Waals surface area contributed by atoms with E-state index in [4.69, 9.17) is 4.74 Å². The molecule has 4 aromatic rings. The maximum atomic E-state index is 5.21. The molecule has 0 saturated carbocycles. The van der Waals surface area contributed by atoms with E-state index in [0.29, 0.717) is 6.54 Å². The van der Waals surface area contributed by atoms with Gasteiger partial charge in [-0.15, -0.1) is 0 Å². The molecule has 2 heterocycles. The van der Waals surface area contributed by atoms with Crippen molar-refractivity contribution in [3.63, 3.8) is 0 Å². The van der Waals surface area contributed by atoms with Gasteiger partial charge in [0.15, 0.2) is 5.96 Å². The molecule has 0 saturated heterocycles. The third-order valence-electron chi connectivity index (χ3n) is 5.05. The number of aromatic nitrogens is 4. The maximum absolute atomic E-state index is 5.21. The van der Waals surface area contributed by atoms with Crippen molar-refractivity contribution in [2.75, 3.05) is 20.7 Å². The fourth-order valence-corrected chi connectivity index (χ4v) is 3.29. The molecule has 0 aliphatic carbocycles. The summed E-state index contributed by atoms with van der Waals surface area (Å²) in [4.78, 5) is 4.30. The molecule has 0 amide bonds. The Balaban J connectivity index is 1.24. The second kappa shape index (κ2) is 10.3. The van der Waals surface area contributed by atoms with E-state index in [-0.39, 0.29) is 0 Å². The molecule has 0 fully saturated rings. The summed E-state index contributed by atoms with van der Waals surface area (Å²) < 4.78 is 8.90. The van der Waals surface area contributed by atoms with Gasteiger partial charge in [0, 0.05) is 32.2 Å². The van der Waals surface area contributed by atoms with Crippen LogP contribution in [0.15, 0.2) is 84.2 Å². The number of methoxy groups -OCH3 is 1. The van der Waals surface area contributed by atoms with Crippen molar-refractivity contribution in [2.24, 2.45) is 4.99 Å². The van der Waals surface area contributed by atoms with E-state index in [1.165, 1.54) is 5.56 Å². The number of hydrogen-bond donors (Lipinski definition) is 2. The summed E-state index contributed by atoms with van der Waals surface area (Å²) in [6.07, 6.45) is 6.56. The van der Waals surface area contributed by atoms with Crippen LogP contribution in [0.25, 0.3) is 11.4 Å². The second-order valence-electron chi connectivity index (χ2n) is 7.17. The molecule has 0 bridgehead atoms. The largest absolute Gasteiger partial charge is 0.497 e. The summed E-state index contributed by atoms with van der Waals surface area (Å²) in [6.45, 7) is 1.36. The number of rotatable bonds is 8. The molecule has 0 spiro atoms. The van der Waals surface area contributed by atoms with Gasteiger partial charge in [0.1, 0.15) is 5.75 Å². The maximum Gasteiger partial charge on any atom is 0.191 e. The van der Waals surface area contributed by atoms with E-state index in [1.807, 2.05) is 58.2 Å². The third kappa shape index (κ3) is 5.34. The van der Waals surface area contributed by atoms with Crippen molar-refractivity contribution in [3.05, 3.63) is 90.5 Å². The normalized spacial score (nSPS) is 11.4. The predicted molar refractivity (Wildman–Crippen MR) is 126 cm³/mol. The molecule has 4 rings (SSSR count). The van der Waals surface area contributed by atoms with Crippen molar-refractivity contribution in [1.82, 2.24) is 30.2 Å². The van der Waals surface area contributed by atoms with E-state index in [0.717, 1.165) is 41.7 Å². The van der Waals surface area contributed by atoms with Gasteiger partial charge in [0.2, 0.25) is 0 Å². The first-order valence-electron chi connectivity index (χ1n) is 10.5. The van der Waals surface area contributed by atoms with Crippen molar-refractivity contribution >= 4 is 5.96 Å². The van der Waals surface area contributed by atoms with Crippen LogP contribution in [0.2, 0.25) is 0 Å². The van der Waals surface area contributed by atoms with Crippen LogP contribution in [0.1, 0.15) is 11.3 Å². The first-order chi connectivity index (χ1) is 15.7. The summed E-state index contributed by atoms with van der Waals surface area (Å²) in [7, 11) is 3.43. The molecule has 2 aromatic carbocycles. The first kappa shape index (κ1) is 21.2. The monoisotopic (exact) mass is 429 g/mol. The predicted octanol–water partition coefficient (Wildman–Crippen LogP) is 2.97. The van der Waals surface area contributed by atoms with E-state index in [1.54, 1.807) is 20.4 Å². The summed E-state index contributed by atoms with van der Waals surface area (Å²) in [5.74, 6) is 1.57. The minimum Gasteiger partial charge on any atom is -0.497 e. The van der Waals surface area contributed by atoms with Crippen molar-refractivity contribution in [1.29, 1.82) is 0 Å². The number of hydrogen-bond acceptors (Lipinski definition) is 4. The van der Waals surface area contributed by atoms with Gasteiger partial charge in [-0.1, -0.05) is 12.1 Å². The van der Waals surface area contributed by atoms with E-state index in [2.05, 4.69) is 50.1 Å². The molecule has 8 heteroatoms. The Morgan fingerprint density at radius 3 is 2.38 bits per heavy atom. The molecule has 8 nitrogen and oxygen atoms in total. The highest BCUT2D eigenvalue weighted by atomic mass is 16.5. The van der Waals surface area contributed by atoms with Crippen LogP contribution in [0, 0.1) is 0 Å². The van der Waals surface area contributed by atoms with E-state index < -0.39 is 0 Å². The smallest absolute Gasteiger partial charge is 0.191 e. The van der Waals surface area contributed by atoms with Crippen LogP contribution in [0.3, 0.4) is 0 Å². The lowest BCUT2D eigenvalue weighted by Gasteiger charge is -2.11. The minimum absolute atomic E-state index is 0.585. The summed E-state index contributed by atoms with van der Waals surface area (Å²) in [5, 5.41) is 15.5. The summed E-state index contributed by atoms with van der Waals surface area (Å²) >= 11 is 0. The van der Waals surface area contributed by atoms with Crippen LogP contribution in [0.5, 0.6) is 5.75 Å². The zero-order chi connectivity index (χ0) is 22.2. The first-order valence-corrected chi connectivity index (χ1v) is 10.5. The number of nitrogens with zero attached hydrogens (tertiary/aromatic N) is 5. The highest BCUT2D eigenvalue weighted by Crippen LogP contribution is 2.14. The lowest BCUT2D eigenvalue weighted by atomic mass is 10.1. The number of aliphatic imine (C=N–C) groups is 1. The SMILES string of the molecule is CN=C(NCCc1ccc(-n2cccn2)cc1)NCc1ccn(-c2ccc(OC)cc2)n1. The standard InChI is InChI=1S/C24H27N7O/c1-25-24(26-15-12-19-4-6-21(7-5-19)30-16-3-14-28-30)27-18-20-13-17-31(29-20)22-8-10-23(32-2)11-9-22/h3-11,13-14,16-17H,12,15,18H2,1-2H3,(H2,25,26,27). The number of guanidine groups is 1. The Hall–Kier alpha value is -4.07. The highest BCUT2D eigenvalue weighted by Gasteiger charge is 2.04. The molecule has 32 heavy (non-hydrogen) atoms. The molecule has 0 aliphatic rings. The Labute approximate surface area is 187 Å². The molecule has 2 aromatic heterocycles. The fourth-order valence-electron chi connectivity index (χ4n) is 3.29. The third-order valence-corrected chi connectivity index (χ3v) is 5.05. The van der Waals surface area contributed by atoms with Crippen molar-refractivity contribution < 1.29 is 4.74 Å². The lowest BCUT2D eigenvalue weighted by Crippen LogP contribution is -2.38. The second-order valence-corrected chi connectivity index (χ2v) is 7.17. The molecule has 0 atom stereocenters. The van der Waals surface area contributed by atoms with Gasteiger partial charge >= 0.3 is 0 Å². The molecule has 0 aliphatic heterocycles. The van der Waals surface area contributed by atoms with Crippen molar-refractivity contribution in [3.8, 4) is 17.1 Å². The lowest BCUT2D eigenvalue weighted by molar-refractivity contribution is 0.414. The van der Waals surface area contributed by atoms with Gasteiger partial charge in [-0.05, 0) is 60.5 Å². The van der Waals surface area contributed by atoms with Crippen LogP contribution < -0.4 is 15.4 Å². The van der Waals surface area contributed by atoms with Gasteiger partial charge < -0.3 is 15.4 Å². The van der Waals surface area contributed by atoms with Gasteiger partial charge in [0.05, 0.1) is 30.7 Å². The van der Waals surface area contributed by atoms with Gasteiger partial charge in [-0.2, -0.15) is 10.2 Å². The Bertz CT molecular complexity index is 1130. The molecule has 2 N–H and O–H groups in total. The zero-order valence-electron chi connectivity index (χ0n) is 18.3. The van der Waals surface area contributed by atoms with E-state index >= 15 is 0 Å². The topological polar surface area (TPSA) is 81.3 Å². The molecule has 0 radical (unpaired) electrons. The Morgan fingerprint density at radius 2 is 1.69 bits per heavy atom. The van der Waals surface area contributed by atoms with Crippen molar-refractivity contribution in [2.45, 2.75) is 13.0 Å². The molecule has 0 unspecified atom stereocenters. The Morgan fingerprint density at radius 1 is 0.938 bits per heavy atom. The number of nitrogens with one attached hydrogen (secondary N) is 2. The molecule has 164 valence electrons. The quantitative estimate of drug-likeness (QED) is 0.332. The highest BCUT2D eigenvalue weighted by molar-refractivity contribution is 5.79. The van der Waals surface area contributed by atoms with E-state index in [9.17, 15) is 0 Å². The zero-order valence-corrected chi connectivity index (χ0v) is 18.3. The minimum atomic E-state index is 0.585. The van der Waals surface area contributed by atoms with Crippen LogP contribution in [0.4, 0.5) is 0 Å². The average Bonchev–Trinajstić information content (AvgIpc) is 3.54. The number of benzene rings is 2.